The van der Waals surface area contributed by atoms with Gasteiger partial charge in [0, 0.05) is 25.0 Å². The fourth-order valence-corrected chi connectivity index (χ4v) is 2.72. The molecule has 1 aromatic rings. The number of amides is 2. The third-order valence-corrected chi connectivity index (χ3v) is 3.90. The van der Waals surface area contributed by atoms with E-state index < -0.39 is 12.3 Å². The number of alkyl halides is 3. The maximum atomic E-state index is 12.2. The molecule has 2 amide bonds. The summed E-state index contributed by atoms with van der Waals surface area (Å²) in [7, 11) is 0. The van der Waals surface area contributed by atoms with Gasteiger partial charge in [-0.1, -0.05) is 12.1 Å². The van der Waals surface area contributed by atoms with Crippen LogP contribution in [0, 0.1) is 5.92 Å². The molecule has 2 rings (SSSR count). The topological polar surface area (TPSA) is 58.6 Å². The molecule has 1 saturated heterocycles. The fourth-order valence-electron chi connectivity index (χ4n) is 2.72. The monoisotopic (exact) mass is 358 g/mol. The summed E-state index contributed by atoms with van der Waals surface area (Å²) < 4.78 is 40.5. The maximum Gasteiger partial charge on any atom is 0.573 e. The highest BCUT2D eigenvalue weighted by atomic mass is 19.4. The molecule has 25 heavy (non-hydrogen) atoms. The number of hydrogen-bond donors (Lipinski definition) is 1. The van der Waals surface area contributed by atoms with Gasteiger partial charge in [-0.2, -0.15) is 0 Å². The highest BCUT2D eigenvalue weighted by Gasteiger charge is 2.39. The molecule has 0 radical (unpaired) electrons. The fraction of sp³-hybridized carbons (Fsp3) is 0.529. The van der Waals surface area contributed by atoms with Gasteiger partial charge in [0.15, 0.2) is 0 Å². The van der Waals surface area contributed by atoms with Gasteiger partial charge in [-0.25, -0.2) is 0 Å². The van der Waals surface area contributed by atoms with E-state index in [9.17, 15) is 22.8 Å². The molecule has 5 nitrogen and oxygen atoms in total. The van der Waals surface area contributed by atoms with Crippen LogP contribution in [0.5, 0.6) is 5.75 Å². The van der Waals surface area contributed by atoms with Gasteiger partial charge in [0.25, 0.3) is 0 Å². The minimum atomic E-state index is -4.76. The normalized spacial score (nSPS) is 18.4. The van der Waals surface area contributed by atoms with Crippen LogP contribution in [0.25, 0.3) is 0 Å². The largest absolute Gasteiger partial charge is 0.573 e. The molecule has 0 bridgehead atoms. The van der Waals surface area contributed by atoms with Crippen molar-refractivity contribution in [3.63, 3.8) is 0 Å². The molecule has 1 aliphatic rings. The van der Waals surface area contributed by atoms with E-state index in [-0.39, 0.29) is 36.1 Å². The Bertz CT molecular complexity index is 653. The molecule has 0 saturated carbocycles. The zero-order valence-electron chi connectivity index (χ0n) is 14.3. The molecule has 138 valence electrons. The second-order valence-corrected chi connectivity index (χ2v) is 6.99. The summed E-state index contributed by atoms with van der Waals surface area (Å²) in [4.78, 5) is 25.9. The highest BCUT2D eigenvalue weighted by Crippen LogP contribution is 2.26. The maximum absolute atomic E-state index is 12.2. The lowest BCUT2D eigenvalue weighted by atomic mass is 10.1. The van der Waals surface area contributed by atoms with E-state index in [1.54, 1.807) is 11.0 Å². The number of carbonyl (C=O) groups excluding carboxylic acids is 2. The molecule has 1 aliphatic heterocycles. The molecule has 1 N–H and O–H groups in total. The van der Waals surface area contributed by atoms with Crippen molar-refractivity contribution in [2.75, 3.05) is 6.54 Å². The Kier molecular flexibility index (Phi) is 5.29. The van der Waals surface area contributed by atoms with Crippen molar-refractivity contribution in [3.05, 3.63) is 29.8 Å². The first-order chi connectivity index (χ1) is 11.5. The van der Waals surface area contributed by atoms with Crippen LogP contribution in [0.2, 0.25) is 0 Å². The molecule has 1 aromatic carbocycles. The van der Waals surface area contributed by atoms with E-state index in [1.807, 2.05) is 20.8 Å². The Morgan fingerprint density at radius 1 is 1.32 bits per heavy atom. The van der Waals surface area contributed by atoms with Gasteiger partial charge in [0.1, 0.15) is 5.75 Å². The van der Waals surface area contributed by atoms with E-state index >= 15 is 0 Å². The summed E-state index contributed by atoms with van der Waals surface area (Å²) in [6.45, 7) is 6.10. The SMILES string of the molecule is CC(C)(C)N1C[C@H](C(=O)NCc2cccc(OC(F)(F)F)c2)CC1=O. The van der Waals surface area contributed by atoms with Crippen molar-refractivity contribution in [2.45, 2.75) is 45.6 Å². The number of likely N-dealkylation sites (tertiary alicyclic amines) is 1. The number of nitrogens with one attached hydrogen (secondary N) is 1. The van der Waals surface area contributed by atoms with Crippen molar-refractivity contribution in [1.82, 2.24) is 10.2 Å². The molecule has 0 unspecified atom stereocenters. The Morgan fingerprint density at radius 2 is 2.00 bits per heavy atom. The van der Waals surface area contributed by atoms with Crippen LogP contribution in [0.15, 0.2) is 24.3 Å². The van der Waals surface area contributed by atoms with E-state index in [0.717, 1.165) is 0 Å². The number of ether oxygens (including phenoxy) is 1. The Morgan fingerprint density at radius 3 is 2.56 bits per heavy atom. The van der Waals surface area contributed by atoms with Crippen molar-refractivity contribution >= 4 is 11.8 Å². The van der Waals surface area contributed by atoms with Gasteiger partial charge >= 0.3 is 6.36 Å². The van der Waals surface area contributed by atoms with Gasteiger partial charge in [-0.3, -0.25) is 9.59 Å². The van der Waals surface area contributed by atoms with E-state index in [4.69, 9.17) is 0 Å². The van der Waals surface area contributed by atoms with E-state index in [1.165, 1.54) is 18.2 Å². The summed E-state index contributed by atoms with van der Waals surface area (Å²) >= 11 is 0. The molecule has 0 spiro atoms. The lowest BCUT2D eigenvalue weighted by molar-refractivity contribution is -0.274. The second kappa shape index (κ2) is 6.93. The Hall–Kier alpha value is -2.25. The first kappa shape index (κ1) is 19.1. The quantitative estimate of drug-likeness (QED) is 0.900. The van der Waals surface area contributed by atoms with E-state index in [2.05, 4.69) is 10.1 Å². The zero-order valence-corrected chi connectivity index (χ0v) is 14.3. The summed E-state index contributed by atoms with van der Waals surface area (Å²) in [6.07, 6.45) is -4.62. The molecule has 1 fully saturated rings. The minimum absolute atomic E-state index is 0.0636. The summed E-state index contributed by atoms with van der Waals surface area (Å²) in [5, 5.41) is 2.67. The third kappa shape index (κ3) is 5.37. The number of halogens is 3. The van der Waals surface area contributed by atoms with Crippen LogP contribution in [0.1, 0.15) is 32.8 Å². The second-order valence-electron chi connectivity index (χ2n) is 6.99. The Labute approximate surface area is 144 Å². The standard InChI is InChI=1S/C17H21F3N2O3/c1-16(2,3)22-10-12(8-14(22)23)15(24)21-9-11-5-4-6-13(7-11)25-17(18,19)20/h4-7,12H,8-10H2,1-3H3,(H,21,24)/t12-/m1/s1. The first-order valence-corrected chi connectivity index (χ1v) is 7.88. The minimum Gasteiger partial charge on any atom is -0.406 e. The van der Waals surface area contributed by atoms with Crippen LogP contribution >= 0.6 is 0 Å². The zero-order chi connectivity index (χ0) is 18.8. The molecule has 1 heterocycles. The summed E-state index contributed by atoms with van der Waals surface area (Å²) in [5.41, 5.74) is 0.127. The third-order valence-electron chi connectivity index (χ3n) is 3.90. The van der Waals surface area contributed by atoms with Gasteiger partial charge < -0.3 is 15.0 Å². The van der Waals surface area contributed by atoms with Crippen LogP contribution in [0.3, 0.4) is 0 Å². The summed E-state index contributed by atoms with van der Waals surface area (Å²) in [5.74, 6) is -1.16. The van der Waals surface area contributed by atoms with Gasteiger partial charge in [0.05, 0.1) is 5.92 Å². The molecular weight excluding hydrogens is 337 g/mol. The van der Waals surface area contributed by atoms with Gasteiger partial charge in [-0.05, 0) is 38.5 Å². The average molecular weight is 358 g/mol. The highest BCUT2D eigenvalue weighted by molar-refractivity contribution is 5.89. The van der Waals surface area contributed by atoms with E-state index in [0.29, 0.717) is 12.1 Å². The average Bonchev–Trinajstić information content (AvgIpc) is 2.85. The summed E-state index contributed by atoms with van der Waals surface area (Å²) in [6, 6.07) is 5.42. The van der Waals surface area contributed by atoms with Crippen LogP contribution in [-0.2, 0) is 16.1 Å². The number of nitrogens with zero attached hydrogens (tertiary/aromatic N) is 1. The number of carbonyl (C=O) groups is 2. The molecular formula is C17H21F3N2O3. The lowest BCUT2D eigenvalue weighted by Gasteiger charge is -2.31. The molecule has 1 atom stereocenters. The first-order valence-electron chi connectivity index (χ1n) is 7.88. The predicted molar refractivity (Wildman–Crippen MR) is 84.5 cm³/mol. The number of hydrogen-bond acceptors (Lipinski definition) is 3. The van der Waals surface area contributed by atoms with Crippen LogP contribution in [-0.4, -0.2) is 35.2 Å². The molecule has 8 heteroatoms. The van der Waals surface area contributed by atoms with Crippen LogP contribution < -0.4 is 10.1 Å². The predicted octanol–water partition coefficient (Wildman–Crippen LogP) is 2.85. The smallest absolute Gasteiger partial charge is 0.406 e. The van der Waals surface area contributed by atoms with Crippen molar-refractivity contribution in [3.8, 4) is 5.75 Å². The van der Waals surface area contributed by atoms with Crippen molar-refractivity contribution < 1.29 is 27.5 Å². The molecule has 0 aliphatic carbocycles. The van der Waals surface area contributed by atoms with Gasteiger partial charge in [-0.15, -0.1) is 13.2 Å². The van der Waals surface area contributed by atoms with Crippen LogP contribution in [0.4, 0.5) is 13.2 Å². The number of rotatable bonds is 4. The van der Waals surface area contributed by atoms with Crippen molar-refractivity contribution in [2.24, 2.45) is 5.92 Å². The number of benzene rings is 1. The molecule has 0 aromatic heterocycles. The van der Waals surface area contributed by atoms with Gasteiger partial charge in [0.2, 0.25) is 11.8 Å². The van der Waals surface area contributed by atoms with Crippen molar-refractivity contribution in [1.29, 1.82) is 0 Å². The lowest BCUT2D eigenvalue weighted by Crippen LogP contribution is -2.43. The Balaban J connectivity index is 1.93.